The summed E-state index contributed by atoms with van der Waals surface area (Å²) in [5.74, 6) is 0. The molecule has 0 saturated carbocycles. The summed E-state index contributed by atoms with van der Waals surface area (Å²) >= 11 is 3.73. The molecule has 0 N–H and O–H groups in total. The fraction of sp³-hybridized carbons (Fsp3) is 0. The third-order valence-corrected chi connectivity index (χ3v) is 16.0. The number of hydrogen-bond donors (Lipinski definition) is 0. The van der Waals surface area contributed by atoms with Gasteiger partial charge in [0.1, 0.15) is 11.2 Å². The van der Waals surface area contributed by atoms with E-state index in [0.717, 1.165) is 33.3 Å². The van der Waals surface area contributed by atoms with Crippen LogP contribution in [0.1, 0.15) is 0 Å². The van der Waals surface area contributed by atoms with E-state index in [1.165, 1.54) is 106 Å². The zero-order valence-corrected chi connectivity index (χ0v) is 36.4. The fourth-order valence-corrected chi connectivity index (χ4v) is 12.9. The van der Waals surface area contributed by atoms with E-state index in [1.807, 2.05) is 22.7 Å². The van der Waals surface area contributed by atoms with Gasteiger partial charge in [-0.3, -0.25) is 0 Å². The molecule has 0 radical (unpaired) electrons. The smallest absolute Gasteiger partial charge is 0.135 e. The van der Waals surface area contributed by atoms with E-state index in [-0.39, 0.29) is 0 Å². The normalized spacial score (nSPS) is 12.3. The largest absolute Gasteiger partial charge is 0.456 e. The predicted octanol–water partition coefficient (Wildman–Crippen LogP) is 17.8. The van der Waals surface area contributed by atoms with Gasteiger partial charge < -0.3 is 13.6 Å². The van der Waals surface area contributed by atoms with Crippen LogP contribution in [0.15, 0.2) is 211 Å². The molecule has 0 aliphatic rings. The van der Waals surface area contributed by atoms with Crippen LogP contribution in [0, 0.1) is 0 Å². The molecular weight excluding hydrogens is 829 g/mol. The molecule has 3 nitrogen and oxygen atoms in total. The number of hydrogen-bond acceptors (Lipinski definition) is 3. The van der Waals surface area contributed by atoms with Gasteiger partial charge in [-0.1, -0.05) is 97.1 Å². The molecule has 302 valence electrons. The quantitative estimate of drug-likeness (QED) is 0.173. The summed E-state index contributed by atoms with van der Waals surface area (Å²) < 4.78 is 16.7. The third kappa shape index (κ3) is 5.16. The highest BCUT2D eigenvalue weighted by Gasteiger charge is 2.19. The second-order valence-corrected chi connectivity index (χ2v) is 19.4. The molecule has 0 amide bonds. The monoisotopic (exact) mass is 862 g/mol. The Labute approximate surface area is 379 Å². The van der Waals surface area contributed by atoms with Crippen LogP contribution in [0.5, 0.6) is 0 Å². The van der Waals surface area contributed by atoms with Crippen LogP contribution in [-0.2, 0) is 0 Å². The van der Waals surface area contributed by atoms with E-state index in [2.05, 4.69) is 215 Å². The highest BCUT2D eigenvalue weighted by atomic mass is 32.1. The molecule has 10 aromatic carbocycles. The number of para-hydroxylation sites is 2. The Kier molecular flexibility index (Phi) is 7.26. The summed E-state index contributed by atoms with van der Waals surface area (Å²) in [5, 5.41) is 12.4. The minimum atomic E-state index is 0.877. The minimum Gasteiger partial charge on any atom is -0.456 e. The van der Waals surface area contributed by atoms with Crippen molar-refractivity contribution in [1.82, 2.24) is 9.13 Å². The molecule has 0 atom stereocenters. The maximum atomic E-state index is 6.56. The minimum absolute atomic E-state index is 0.877. The second-order valence-electron chi connectivity index (χ2n) is 17.3. The lowest BCUT2D eigenvalue weighted by Crippen LogP contribution is -1.94. The third-order valence-electron chi connectivity index (χ3n) is 13.7. The average Bonchev–Trinajstić information content (AvgIpc) is 4.17. The molecule has 0 saturated heterocycles. The van der Waals surface area contributed by atoms with Gasteiger partial charge >= 0.3 is 0 Å². The van der Waals surface area contributed by atoms with Crippen LogP contribution in [0.25, 0.3) is 140 Å². The van der Waals surface area contributed by atoms with Crippen molar-refractivity contribution >= 4 is 129 Å². The molecule has 5 aromatic heterocycles. The van der Waals surface area contributed by atoms with Crippen LogP contribution in [0.4, 0.5) is 0 Å². The van der Waals surface area contributed by atoms with Crippen LogP contribution in [-0.4, -0.2) is 9.13 Å². The molecule has 15 rings (SSSR count). The average molecular weight is 863 g/mol. The van der Waals surface area contributed by atoms with E-state index >= 15 is 0 Å². The number of nitrogens with zero attached hydrogens (tertiary/aromatic N) is 2. The Bertz CT molecular complexity index is 4210. The van der Waals surface area contributed by atoms with Crippen molar-refractivity contribution in [2.24, 2.45) is 0 Å². The lowest BCUT2D eigenvalue weighted by molar-refractivity contribution is 0.669. The Morgan fingerprint density at radius 1 is 0.262 bits per heavy atom. The van der Waals surface area contributed by atoms with Gasteiger partial charge in [0, 0.05) is 84.0 Å². The zero-order valence-electron chi connectivity index (χ0n) is 34.7. The number of benzene rings is 10. The van der Waals surface area contributed by atoms with E-state index < -0.39 is 0 Å². The summed E-state index contributed by atoms with van der Waals surface area (Å²) in [7, 11) is 0. The number of rotatable bonds is 4. The molecular formula is C60H34N2OS2. The molecule has 5 heteroatoms. The summed E-state index contributed by atoms with van der Waals surface area (Å²) in [4.78, 5) is 0. The summed E-state index contributed by atoms with van der Waals surface area (Å²) in [6.07, 6.45) is 0. The second kappa shape index (κ2) is 13.3. The van der Waals surface area contributed by atoms with Gasteiger partial charge in [-0.05, 0) is 131 Å². The number of fused-ring (bicyclic) bond motifs is 15. The van der Waals surface area contributed by atoms with Gasteiger partial charge in [0.25, 0.3) is 0 Å². The molecule has 65 heavy (non-hydrogen) atoms. The molecule has 0 spiro atoms. The fourth-order valence-electron chi connectivity index (χ4n) is 10.7. The van der Waals surface area contributed by atoms with E-state index in [4.69, 9.17) is 4.42 Å². The first-order chi connectivity index (χ1) is 32.2. The zero-order chi connectivity index (χ0) is 42.3. The first kappa shape index (κ1) is 35.5. The first-order valence-electron chi connectivity index (χ1n) is 22.1. The Morgan fingerprint density at radius 2 is 0.631 bits per heavy atom. The topological polar surface area (TPSA) is 23.0 Å². The van der Waals surface area contributed by atoms with Crippen molar-refractivity contribution in [3.05, 3.63) is 206 Å². The summed E-state index contributed by atoms with van der Waals surface area (Å²) in [5.41, 5.74) is 13.6. The van der Waals surface area contributed by atoms with Crippen LogP contribution in [0.3, 0.4) is 0 Å². The maximum Gasteiger partial charge on any atom is 0.135 e. The van der Waals surface area contributed by atoms with Gasteiger partial charge in [-0.15, -0.1) is 22.7 Å². The van der Waals surface area contributed by atoms with Crippen molar-refractivity contribution < 1.29 is 4.42 Å². The van der Waals surface area contributed by atoms with Crippen molar-refractivity contribution in [2.75, 3.05) is 0 Å². The van der Waals surface area contributed by atoms with Crippen LogP contribution >= 0.6 is 22.7 Å². The van der Waals surface area contributed by atoms with Gasteiger partial charge in [0.2, 0.25) is 0 Å². The van der Waals surface area contributed by atoms with Gasteiger partial charge in [-0.25, -0.2) is 0 Å². The van der Waals surface area contributed by atoms with Crippen molar-refractivity contribution in [2.45, 2.75) is 0 Å². The van der Waals surface area contributed by atoms with Crippen molar-refractivity contribution in [1.29, 1.82) is 0 Å². The summed E-state index contributed by atoms with van der Waals surface area (Å²) in [6, 6.07) is 76.1. The van der Waals surface area contributed by atoms with Gasteiger partial charge in [0.05, 0.1) is 22.1 Å². The first-order valence-corrected chi connectivity index (χ1v) is 23.7. The Morgan fingerprint density at radius 3 is 1.11 bits per heavy atom. The Balaban J connectivity index is 0.862. The van der Waals surface area contributed by atoms with Crippen molar-refractivity contribution in [3.8, 4) is 33.6 Å². The Hall–Kier alpha value is -7.96. The lowest BCUT2D eigenvalue weighted by atomic mass is 10.0. The van der Waals surface area contributed by atoms with Crippen molar-refractivity contribution in [3.63, 3.8) is 0 Å². The van der Waals surface area contributed by atoms with Gasteiger partial charge in [-0.2, -0.15) is 0 Å². The highest BCUT2D eigenvalue weighted by molar-refractivity contribution is 7.26. The molecule has 0 unspecified atom stereocenters. The SMILES string of the molecule is c1ccc2c(c1)sc1ccc(-c3ccc4c(c3)c3ccccc3n4-c3ccc4oc5ccc(-n6c7ccccc7c7cc(-c8ccc9sc%10ccccc%10c9c8)ccc76)cc5c4c3)cc12. The molecule has 0 aliphatic carbocycles. The highest BCUT2D eigenvalue weighted by Crippen LogP contribution is 2.42. The van der Waals surface area contributed by atoms with E-state index in [0.29, 0.717) is 0 Å². The molecule has 15 aromatic rings. The van der Waals surface area contributed by atoms with Crippen LogP contribution in [0.2, 0.25) is 0 Å². The van der Waals surface area contributed by atoms with E-state index in [1.54, 1.807) is 0 Å². The standard InChI is InChI=1S/C60H34N2OS2/c1-5-13-51-41(9-1)45-29-35(37-19-27-59-49(31-37)43-11-3-7-15-57(43)64-59)17-23-53(45)61(51)39-21-25-55-47(33-39)48-34-40(22-26-56(48)63-55)62-52-14-6-2-10-42(52)46-30-36(18-24-54(46)62)38-20-28-60-50(32-38)44-12-4-8-16-58(44)65-60/h1-34H. The maximum absolute atomic E-state index is 6.56. The number of aromatic nitrogens is 2. The molecule has 0 fully saturated rings. The molecule has 0 aliphatic heterocycles. The van der Waals surface area contributed by atoms with Gasteiger partial charge in [0.15, 0.2) is 0 Å². The molecule has 5 heterocycles. The van der Waals surface area contributed by atoms with Crippen LogP contribution < -0.4 is 0 Å². The number of thiophene rings is 2. The molecule has 0 bridgehead atoms. The van der Waals surface area contributed by atoms with E-state index in [9.17, 15) is 0 Å². The predicted molar refractivity (Wildman–Crippen MR) is 279 cm³/mol. The summed E-state index contributed by atoms with van der Waals surface area (Å²) in [6.45, 7) is 0. The number of furan rings is 1. The lowest BCUT2D eigenvalue weighted by Gasteiger charge is -2.10.